The second-order valence-electron chi connectivity index (χ2n) is 5.93. The first kappa shape index (κ1) is 16.7. The summed E-state index contributed by atoms with van der Waals surface area (Å²) in [6, 6.07) is 3.79. The molecule has 2 N–H and O–H groups in total. The van der Waals surface area contributed by atoms with Crippen LogP contribution in [-0.4, -0.2) is 36.8 Å². The van der Waals surface area contributed by atoms with Crippen molar-refractivity contribution < 1.29 is 9.53 Å². The number of amides is 2. The predicted octanol–water partition coefficient (Wildman–Crippen LogP) is 3.00. The summed E-state index contributed by atoms with van der Waals surface area (Å²) in [7, 11) is 0. The molecule has 0 bridgehead atoms. The maximum Gasteiger partial charge on any atom is 0.319 e. The molecule has 0 saturated carbocycles. The van der Waals surface area contributed by atoms with Gasteiger partial charge < -0.3 is 20.3 Å². The van der Waals surface area contributed by atoms with Crippen molar-refractivity contribution in [3.05, 3.63) is 40.2 Å². The Morgan fingerprint density at radius 3 is 3.00 bits per heavy atom. The molecule has 128 valence electrons. The number of rotatable bonds is 4. The third-order valence-electron chi connectivity index (χ3n) is 3.93. The van der Waals surface area contributed by atoms with Gasteiger partial charge in [0.2, 0.25) is 0 Å². The van der Waals surface area contributed by atoms with Crippen LogP contribution in [-0.2, 0) is 11.3 Å². The highest BCUT2D eigenvalue weighted by molar-refractivity contribution is 7.08. The van der Waals surface area contributed by atoms with E-state index in [2.05, 4.69) is 27.4 Å². The molecular formula is C17H22N4O2S. The molecule has 1 unspecified atom stereocenters. The number of morpholine rings is 1. The lowest BCUT2D eigenvalue weighted by Gasteiger charge is -2.32. The Labute approximate surface area is 145 Å². The number of hydrogen-bond donors (Lipinski definition) is 2. The van der Waals surface area contributed by atoms with Crippen LogP contribution in [0.4, 0.5) is 16.3 Å². The number of urea groups is 1. The van der Waals surface area contributed by atoms with Gasteiger partial charge in [-0.05, 0) is 36.4 Å². The molecule has 0 spiro atoms. The van der Waals surface area contributed by atoms with Gasteiger partial charge in [0.25, 0.3) is 0 Å². The van der Waals surface area contributed by atoms with E-state index in [9.17, 15) is 4.79 Å². The van der Waals surface area contributed by atoms with Gasteiger partial charge in [0, 0.05) is 31.2 Å². The third kappa shape index (κ3) is 4.24. The zero-order valence-corrected chi connectivity index (χ0v) is 14.7. The minimum Gasteiger partial charge on any atom is -0.375 e. The minimum atomic E-state index is -0.206. The van der Waals surface area contributed by atoms with E-state index in [1.807, 2.05) is 36.0 Å². The molecule has 3 heterocycles. The van der Waals surface area contributed by atoms with E-state index in [0.717, 1.165) is 42.3 Å². The number of pyridine rings is 1. The van der Waals surface area contributed by atoms with Gasteiger partial charge in [-0.15, -0.1) is 11.3 Å². The van der Waals surface area contributed by atoms with Crippen LogP contribution in [0.1, 0.15) is 18.1 Å². The molecule has 1 saturated heterocycles. The van der Waals surface area contributed by atoms with Gasteiger partial charge >= 0.3 is 6.03 Å². The van der Waals surface area contributed by atoms with Crippen LogP contribution in [0.5, 0.6) is 0 Å². The van der Waals surface area contributed by atoms with E-state index < -0.39 is 0 Å². The Kier molecular flexibility index (Phi) is 5.32. The molecule has 2 amide bonds. The highest BCUT2D eigenvalue weighted by Gasteiger charge is 2.17. The Morgan fingerprint density at radius 2 is 2.33 bits per heavy atom. The fourth-order valence-electron chi connectivity index (χ4n) is 2.57. The molecular weight excluding hydrogens is 324 g/mol. The molecule has 1 aliphatic rings. The normalized spacial score (nSPS) is 17.6. The number of aryl methyl sites for hydroxylation is 1. The molecule has 1 atom stereocenters. The SMILES string of the molecule is Cc1cscc1NC(=O)NCc1ccc(N2CCOC(C)C2)nc1. The molecule has 2 aromatic heterocycles. The number of ether oxygens (including phenoxy) is 1. The van der Waals surface area contributed by atoms with Crippen molar-refractivity contribution in [3.8, 4) is 0 Å². The van der Waals surface area contributed by atoms with Crippen LogP contribution in [0.3, 0.4) is 0 Å². The number of nitrogens with one attached hydrogen (secondary N) is 2. The molecule has 3 rings (SSSR count). The van der Waals surface area contributed by atoms with E-state index >= 15 is 0 Å². The van der Waals surface area contributed by atoms with Gasteiger partial charge in [0.05, 0.1) is 18.4 Å². The Bertz CT molecular complexity index is 686. The van der Waals surface area contributed by atoms with Gasteiger partial charge in [-0.25, -0.2) is 9.78 Å². The first-order valence-electron chi connectivity index (χ1n) is 8.01. The van der Waals surface area contributed by atoms with Crippen molar-refractivity contribution >= 4 is 28.9 Å². The highest BCUT2D eigenvalue weighted by atomic mass is 32.1. The van der Waals surface area contributed by atoms with Crippen molar-refractivity contribution in [2.75, 3.05) is 29.9 Å². The van der Waals surface area contributed by atoms with Gasteiger partial charge in [-0.2, -0.15) is 0 Å². The summed E-state index contributed by atoms with van der Waals surface area (Å²) in [5.74, 6) is 0.951. The number of anilines is 2. The molecule has 0 radical (unpaired) electrons. The molecule has 7 heteroatoms. The predicted molar refractivity (Wildman–Crippen MR) is 96.8 cm³/mol. The number of hydrogen-bond acceptors (Lipinski definition) is 5. The quantitative estimate of drug-likeness (QED) is 0.893. The fraction of sp³-hybridized carbons (Fsp3) is 0.412. The van der Waals surface area contributed by atoms with Gasteiger partial charge in [0.1, 0.15) is 5.82 Å². The standard InChI is InChI=1S/C17H22N4O2S/c1-12-10-24-11-15(12)20-17(22)19-8-14-3-4-16(18-7-14)21-5-6-23-13(2)9-21/h3-4,7,10-11,13H,5-6,8-9H2,1-2H3,(H2,19,20,22). The molecule has 1 fully saturated rings. The molecule has 1 aliphatic heterocycles. The van der Waals surface area contributed by atoms with E-state index in [1.54, 1.807) is 11.3 Å². The summed E-state index contributed by atoms with van der Waals surface area (Å²) < 4.78 is 5.55. The van der Waals surface area contributed by atoms with Gasteiger partial charge in [-0.3, -0.25) is 0 Å². The minimum absolute atomic E-state index is 0.206. The first-order chi connectivity index (χ1) is 11.6. The second-order valence-corrected chi connectivity index (χ2v) is 6.67. The molecule has 2 aromatic rings. The van der Waals surface area contributed by atoms with Crippen LogP contribution < -0.4 is 15.5 Å². The largest absolute Gasteiger partial charge is 0.375 e. The van der Waals surface area contributed by atoms with Crippen LogP contribution in [0.15, 0.2) is 29.1 Å². The van der Waals surface area contributed by atoms with Crippen LogP contribution >= 0.6 is 11.3 Å². The maximum atomic E-state index is 11.9. The smallest absolute Gasteiger partial charge is 0.319 e. The Balaban J connectivity index is 1.51. The summed E-state index contributed by atoms with van der Waals surface area (Å²) >= 11 is 1.57. The number of carbonyl (C=O) groups excluding carboxylic acids is 1. The van der Waals surface area contributed by atoms with Crippen LogP contribution in [0.2, 0.25) is 0 Å². The van der Waals surface area contributed by atoms with Crippen LogP contribution in [0.25, 0.3) is 0 Å². The van der Waals surface area contributed by atoms with E-state index in [0.29, 0.717) is 6.54 Å². The summed E-state index contributed by atoms with van der Waals surface area (Å²) in [6.45, 7) is 6.93. The first-order valence-corrected chi connectivity index (χ1v) is 8.95. The topological polar surface area (TPSA) is 66.5 Å². The number of carbonyl (C=O) groups is 1. The molecule has 0 aliphatic carbocycles. The number of thiophene rings is 1. The zero-order valence-electron chi connectivity index (χ0n) is 13.9. The summed E-state index contributed by atoms with van der Waals surface area (Å²) in [5.41, 5.74) is 2.89. The maximum absolute atomic E-state index is 11.9. The van der Waals surface area contributed by atoms with Crippen molar-refractivity contribution in [1.82, 2.24) is 10.3 Å². The van der Waals surface area contributed by atoms with Crippen LogP contribution in [0, 0.1) is 6.92 Å². The van der Waals surface area contributed by atoms with E-state index in [-0.39, 0.29) is 12.1 Å². The fourth-order valence-corrected chi connectivity index (χ4v) is 3.35. The Hall–Kier alpha value is -2.12. The highest BCUT2D eigenvalue weighted by Crippen LogP contribution is 2.19. The van der Waals surface area contributed by atoms with E-state index in [4.69, 9.17) is 4.74 Å². The average molecular weight is 346 g/mol. The molecule has 6 nitrogen and oxygen atoms in total. The lowest BCUT2D eigenvalue weighted by Crippen LogP contribution is -2.41. The second kappa shape index (κ2) is 7.63. The Morgan fingerprint density at radius 1 is 1.46 bits per heavy atom. The lowest BCUT2D eigenvalue weighted by atomic mass is 10.2. The average Bonchev–Trinajstić information content (AvgIpc) is 2.98. The van der Waals surface area contributed by atoms with Gasteiger partial charge in [0.15, 0.2) is 0 Å². The van der Waals surface area contributed by atoms with Crippen molar-refractivity contribution in [2.45, 2.75) is 26.5 Å². The zero-order chi connectivity index (χ0) is 16.9. The summed E-state index contributed by atoms with van der Waals surface area (Å²) in [6.07, 6.45) is 2.04. The number of aromatic nitrogens is 1. The monoisotopic (exact) mass is 346 g/mol. The summed E-state index contributed by atoms with van der Waals surface area (Å²) in [5, 5.41) is 9.63. The third-order valence-corrected chi connectivity index (χ3v) is 4.79. The van der Waals surface area contributed by atoms with Gasteiger partial charge in [-0.1, -0.05) is 6.07 Å². The molecule has 0 aromatic carbocycles. The van der Waals surface area contributed by atoms with Crippen molar-refractivity contribution in [2.24, 2.45) is 0 Å². The van der Waals surface area contributed by atoms with Crippen molar-refractivity contribution in [1.29, 1.82) is 0 Å². The van der Waals surface area contributed by atoms with E-state index in [1.165, 1.54) is 0 Å². The lowest BCUT2D eigenvalue weighted by molar-refractivity contribution is 0.0529. The number of nitrogens with zero attached hydrogens (tertiary/aromatic N) is 2. The summed E-state index contributed by atoms with van der Waals surface area (Å²) in [4.78, 5) is 18.7. The van der Waals surface area contributed by atoms with Crippen molar-refractivity contribution in [3.63, 3.8) is 0 Å². The molecule has 24 heavy (non-hydrogen) atoms.